The van der Waals surface area contributed by atoms with Gasteiger partial charge in [-0.05, 0) is 31.9 Å². The highest BCUT2D eigenvalue weighted by molar-refractivity contribution is 5.88. The summed E-state index contributed by atoms with van der Waals surface area (Å²) in [5.41, 5.74) is 1.32. The Hall–Kier alpha value is -1.46. The summed E-state index contributed by atoms with van der Waals surface area (Å²) in [6, 6.07) is 3.56. The molecule has 104 valence electrons. The third-order valence-corrected chi connectivity index (χ3v) is 3.35. The van der Waals surface area contributed by atoms with Crippen LogP contribution in [0, 0.1) is 0 Å². The normalized spacial score (nSPS) is 22.4. The van der Waals surface area contributed by atoms with Crippen LogP contribution >= 0.6 is 0 Å². The van der Waals surface area contributed by atoms with Gasteiger partial charge in [0, 0.05) is 25.9 Å². The Labute approximate surface area is 113 Å². The first-order valence-electron chi connectivity index (χ1n) is 6.51. The summed E-state index contributed by atoms with van der Waals surface area (Å²) in [4.78, 5) is 15.5. The van der Waals surface area contributed by atoms with Crippen LogP contribution in [0.3, 0.4) is 0 Å². The summed E-state index contributed by atoms with van der Waals surface area (Å²) in [5, 5.41) is 3.34. The van der Waals surface area contributed by atoms with E-state index < -0.39 is 0 Å². The van der Waals surface area contributed by atoms with Crippen LogP contribution in [0.5, 0.6) is 0 Å². The van der Waals surface area contributed by atoms with E-state index in [1.165, 1.54) is 13.3 Å². The van der Waals surface area contributed by atoms with Gasteiger partial charge in [0.1, 0.15) is 0 Å². The number of ether oxygens (including phenoxy) is 2. The van der Waals surface area contributed by atoms with E-state index in [2.05, 4.69) is 22.0 Å². The second-order valence-electron chi connectivity index (χ2n) is 5.04. The van der Waals surface area contributed by atoms with Crippen molar-refractivity contribution in [2.45, 2.75) is 31.9 Å². The largest absolute Gasteiger partial charge is 0.465 e. The molecule has 1 unspecified atom stereocenters. The highest BCUT2D eigenvalue weighted by Gasteiger charge is 2.28. The quantitative estimate of drug-likeness (QED) is 0.817. The third-order valence-electron chi connectivity index (χ3n) is 3.35. The Kier molecular flexibility index (Phi) is 4.50. The van der Waals surface area contributed by atoms with E-state index in [9.17, 15) is 4.79 Å². The van der Waals surface area contributed by atoms with Gasteiger partial charge in [-0.3, -0.25) is 4.98 Å². The minimum absolute atomic E-state index is 0.0496. The second kappa shape index (κ2) is 6.12. The number of rotatable bonds is 5. The van der Waals surface area contributed by atoms with Gasteiger partial charge < -0.3 is 14.8 Å². The first-order valence-corrected chi connectivity index (χ1v) is 6.51. The second-order valence-corrected chi connectivity index (χ2v) is 5.04. The molecule has 1 aliphatic rings. The Morgan fingerprint density at radius 3 is 3.00 bits per heavy atom. The van der Waals surface area contributed by atoms with E-state index in [4.69, 9.17) is 4.74 Å². The highest BCUT2D eigenvalue weighted by Crippen LogP contribution is 2.23. The van der Waals surface area contributed by atoms with Crippen LogP contribution in [0.25, 0.3) is 0 Å². The van der Waals surface area contributed by atoms with Gasteiger partial charge >= 0.3 is 5.97 Å². The molecule has 1 fully saturated rings. The van der Waals surface area contributed by atoms with Crippen LogP contribution in [0.2, 0.25) is 0 Å². The maximum absolute atomic E-state index is 11.3. The summed E-state index contributed by atoms with van der Waals surface area (Å²) in [6.45, 7) is 4.46. The van der Waals surface area contributed by atoms with Crippen LogP contribution in [0.1, 0.15) is 35.8 Å². The first-order chi connectivity index (χ1) is 9.13. The molecule has 0 bridgehead atoms. The molecule has 0 aliphatic carbocycles. The van der Waals surface area contributed by atoms with Gasteiger partial charge in [0.15, 0.2) is 0 Å². The zero-order valence-electron chi connectivity index (χ0n) is 11.4. The number of hydrogen-bond acceptors (Lipinski definition) is 5. The van der Waals surface area contributed by atoms with Crippen LogP contribution < -0.4 is 5.32 Å². The summed E-state index contributed by atoms with van der Waals surface area (Å²) < 4.78 is 10.3. The van der Waals surface area contributed by atoms with Gasteiger partial charge in [-0.1, -0.05) is 0 Å². The predicted octanol–water partition coefficient (Wildman–Crippen LogP) is 1.53. The van der Waals surface area contributed by atoms with E-state index in [1.807, 2.05) is 6.07 Å². The topological polar surface area (TPSA) is 60.5 Å². The molecule has 2 rings (SSSR count). The lowest BCUT2D eigenvalue weighted by Crippen LogP contribution is -2.36. The number of pyridine rings is 1. The molecule has 0 aromatic carbocycles. The average Bonchev–Trinajstić information content (AvgIpc) is 2.86. The average molecular weight is 264 g/mol. The number of carbonyl (C=O) groups excluding carboxylic acids is 1. The van der Waals surface area contributed by atoms with Crippen molar-refractivity contribution in [3.8, 4) is 0 Å². The van der Waals surface area contributed by atoms with Crippen LogP contribution in [-0.2, 0) is 16.0 Å². The lowest BCUT2D eigenvalue weighted by atomic mass is 10.0. The van der Waals surface area contributed by atoms with Gasteiger partial charge in [-0.25, -0.2) is 4.79 Å². The molecule has 5 nitrogen and oxygen atoms in total. The van der Waals surface area contributed by atoms with E-state index in [0.29, 0.717) is 12.1 Å². The lowest BCUT2D eigenvalue weighted by molar-refractivity contribution is 0.0206. The molecule has 0 amide bonds. The Morgan fingerprint density at radius 1 is 1.58 bits per heavy atom. The number of esters is 1. The van der Waals surface area contributed by atoms with E-state index in [-0.39, 0.29) is 11.6 Å². The summed E-state index contributed by atoms with van der Waals surface area (Å²) in [7, 11) is 1.36. The van der Waals surface area contributed by atoms with E-state index in [1.54, 1.807) is 6.07 Å². The summed E-state index contributed by atoms with van der Waals surface area (Å²) in [5.74, 6) is -0.362. The van der Waals surface area contributed by atoms with Crippen molar-refractivity contribution in [2.24, 2.45) is 0 Å². The molecule has 1 aromatic rings. The lowest BCUT2D eigenvalue weighted by Gasteiger charge is -2.23. The zero-order chi connectivity index (χ0) is 13.7. The minimum atomic E-state index is -0.362. The molecule has 1 aliphatic heterocycles. The van der Waals surface area contributed by atoms with Crippen LogP contribution in [0.4, 0.5) is 0 Å². The molecule has 5 heteroatoms. The molecule has 1 N–H and O–H groups in total. The fourth-order valence-corrected chi connectivity index (χ4v) is 2.20. The highest BCUT2D eigenvalue weighted by atomic mass is 16.5. The minimum Gasteiger partial charge on any atom is -0.465 e. The molecule has 0 spiro atoms. The number of nitrogens with zero attached hydrogens (tertiary/aromatic N) is 1. The van der Waals surface area contributed by atoms with Crippen molar-refractivity contribution in [2.75, 3.05) is 20.3 Å². The van der Waals surface area contributed by atoms with Crippen LogP contribution in [0.15, 0.2) is 18.3 Å². The number of nitrogens with one attached hydrogen (secondary N) is 1. The Balaban J connectivity index is 1.81. The maximum Gasteiger partial charge on any atom is 0.339 e. The molecule has 19 heavy (non-hydrogen) atoms. The monoisotopic (exact) mass is 264 g/mol. The smallest absolute Gasteiger partial charge is 0.339 e. The van der Waals surface area contributed by atoms with Crippen LogP contribution in [-0.4, -0.2) is 36.8 Å². The molecule has 1 aromatic heterocycles. The Bertz CT molecular complexity index is 425. The van der Waals surface area contributed by atoms with Crippen molar-refractivity contribution in [1.29, 1.82) is 0 Å². The summed E-state index contributed by atoms with van der Waals surface area (Å²) in [6.07, 6.45) is 3.76. The number of aromatic nitrogens is 1. The van der Waals surface area contributed by atoms with Crippen molar-refractivity contribution in [3.05, 3.63) is 29.6 Å². The number of methoxy groups -OCH3 is 1. The molecular formula is C14H20N2O3. The van der Waals surface area contributed by atoms with E-state index >= 15 is 0 Å². The molecule has 0 saturated carbocycles. The zero-order valence-corrected chi connectivity index (χ0v) is 11.4. The SMILES string of the molecule is COC(=O)c1ccc(CNCC2(C)CCCO2)nc1. The van der Waals surface area contributed by atoms with Crippen molar-refractivity contribution in [3.63, 3.8) is 0 Å². The van der Waals surface area contributed by atoms with Gasteiger partial charge in [-0.2, -0.15) is 0 Å². The molecule has 2 heterocycles. The molecular weight excluding hydrogens is 244 g/mol. The third kappa shape index (κ3) is 3.75. The predicted molar refractivity (Wildman–Crippen MR) is 70.9 cm³/mol. The standard InChI is InChI=1S/C14H20N2O3/c1-14(6-3-7-19-14)10-15-9-12-5-4-11(8-16-12)13(17)18-2/h4-5,8,15H,3,6-7,9-10H2,1-2H3. The van der Waals surface area contributed by atoms with Crippen molar-refractivity contribution in [1.82, 2.24) is 10.3 Å². The van der Waals surface area contributed by atoms with E-state index in [0.717, 1.165) is 31.7 Å². The molecule has 1 saturated heterocycles. The van der Waals surface area contributed by atoms with Crippen molar-refractivity contribution >= 4 is 5.97 Å². The van der Waals surface area contributed by atoms with Crippen molar-refractivity contribution < 1.29 is 14.3 Å². The van der Waals surface area contributed by atoms with Gasteiger partial charge in [0.2, 0.25) is 0 Å². The summed E-state index contributed by atoms with van der Waals surface area (Å²) >= 11 is 0. The number of hydrogen-bond donors (Lipinski definition) is 1. The fourth-order valence-electron chi connectivity index (χ4n) is 2.20. The first kappa shape index (κ1) is 14.0. The maximum atomic E-state index is 11.3. The van der Waals surface area contributed by atoms with Gasteiger partial charge in [0.05, 0.1) is 24.0 Å². The number of carbonyl (C=O) groups is 1. The fraction of sp³-hybridized carbons (Fsp3) is 0.571. The molecule has 0 radical (unpaired) electrons. The Morgan fingerprint density at radius 2 is 2.42 bits per heavy atom. The molecule has 1 atom stereocenters. The van der Waals surface area contributed by atoms with Gasteiger partial charge in [-0.15, -0.1) is 0 Å². The van der Waals surface area contributed by atoms with Gasteiger partial charge in [0.25, 0.3) is 0 Å².